The van der Waals surface area contributed by atoms with Crippen LogP contribution in [-0.4, -0.2) is 37.5 Å². The number of nitrogens with zero attached hydrogens (tertiary/aromatic N) is 2. The van der Waals surface area contributed by atoms with Crippen LogP contribution in [0.3, 0.4) is 0 Å². The molecule has 4 rings (SSSR count). The summed E-state index contributed by atoms with van der Waals surface area (Å²) in [4.78, 5) is 24.5. The Kier molecular flexibility index (Phi) is 7.87. The molecule has 2 N–H and O–H groups in total. The van der Waals surface area contributed by atoms with Crippen molar-refractivity contribution in [1.82, 2.24) is 10.9 Å². The van der Waals surface area contributed by atoms with Crippen LogP contribution in [0.4, 0.5) is 0 Å². The lowest BCUT2D eigenvalue weighted by Crippen LogP contribution is -2.35. The summed E-state index contributed by atoms with van der Waals surface area (Å²) in [5.74, 6) is -0.652. The maximum absolute atomic E-state index is 12.3. The van der Waals surface area contributed by atoms with Crippen molar-refractivity contribution in [2.45, 2.75) is 13.8 Å². The number of rotatable bonds is 8. The minimum absolute atomic E-state index is 0.480. The van der Waals surface area contributed by atoms with E-state index in [0.717, 1.165) is 21.5 Å². The van der Waals surface area contributed by atoms with Gasteiger partial charge in [0, 0.05) is 11.1 Å². The number of carbonyl (C=O) groups is 2. The molecule has 8 nitrogen and oxygen atoms in total. The predicted molar refractivity (Wildman–Crippen MR) is 142 cm³/mol. The summed E-state index contributed by atoms with van der Waals surface area (Å²) in [6.45, 7) is 4.73. The van der Waals surface area contributed by atoms with Crippen LogP contribution in [0.25, 0.3) is 21.5 Å². The second-order valence-corrected chi connectivity index (χ2v) is 7.66. The molecule has 0 bridgehead atoms. The first-order valence-electron chi connectivity index (χ1n) is 11.6. The molecular formula is C28H26N4O4. The van der Waals surface area contributed by atoms with Crippen LogP contribution in [-0.2, 0) is 9.59 Å². The van der Waals surface area contributed by atoms with E-state index < -0.39 is 11.8 Å². The lowest BCUT2D eigenvalue weighted by Gasteiger charge is -2.10. The van der Waals surface area contributed by atoms with Crippen LogP contribution in [0.5, 0.6) is 11.5 Å². The molecule has 0 aliphatic heterocycles. The summed E-state index contributed by atoms with van der Waals surface area (Å²) in [5, 5.41) is 11.8. The maximum Gasteiger partial charge on any atom is 0.331 e. The Balaban J connectivity index is 1.46. The van der Waals surface area contributed by atoms with Crippen molar-refractivity contribution in [1.29, 1.82) is 0 Å². The number of amides is 2. The van der Waals surface area contributed by atoms with Crippen molar-refractivity contribution < 1.29 is 19.1 Å². The first-order chi connectivity index (χ1) is 17.6. The normalized spacial score (nSPS) is 11.3. The topological polar surface area (TPSA) is 101 Å². The number of fused-ring (bicyclic) bond motifs is 2. The Bertz CT molecular complexity index is 1350. The molecule has 0 atom stereocenters. The quantitative estimate of drug-likeness (QED) is 0.221. The second-order valence-electron chi connectivity index (χ2n) is 7.66. The zero-order valence-electron chi connectivity index (χ0n) is 20.0. The van der Waals surface area contributed by atoms with Gasteiger partial charge in [0.05, 0.1) is 25.6 Å². The van der Waals surface area contributed by atoms with E-state index in [9.17, 15) is 9.59 Å². The van der Waals surface area contributed by atoms with Gasteiger partial charge in [-0.3, -0.25) is 9.59 Å². The highest BCUT2D eigenvalue weighted by atomic mass is 16.5. The number of hydrogen-bond donors (Lipinski definition) is 2. The molecule has 0 unspecified atom stereocenters. The van der Waals surface area contributed by atoms with E-state index in [1.165, 1.54) is 12.4 Å². The standard InChI is InChI=1S/C28H26N4O4/c1-3-35-25-15-13-19-9-5-7-11-21(19)23(25)17-29-31-27(33)28(34)32-30-18-24-22-12-8-6-10-20(22)14-16-26(24)36-4-2/h5-18H,3-4H2,1-2H3,(H,31,33)(H,32,34)/b29-17+,30-18+. The van der Waals surface area contributed by atoms with E-state index in [4.69, 9.17) is 9.47 Å². The van der Waals surface area contributed by atoms with Crippen LogP contribution >= 0.6 is 0 Å². The maximum atomic E-state index is 12.3. The minimum Gasteiger partial charge on any atom is -0.493 e. The van der Waals surface area contributed by atoms with Gasteiger partial charge in [0.1, 0.15) is 11.5 Å². The van der Waals surface area contributed by atoms with Gasteiger partial charge >= 0.3 is 11.8 Å². The number of carbonyl (C=O) groups excluding carboxylic acids is 2. The first kappa shape index (κ1) is 24.4. The Labute approximate surface area is 208 Å². The molecule has 0 spiro atoms. The molecule has 2 amide bonds. The molecule has 8 heteroatoms. The van der Waals surface area contributed by atoms with Gasteiger partial charge in [0.25, 0.3) is 0 Å². The lowest BCUT2D eigenvalue weighted by atomic mass is 10.0. The van der Waals surface area contributed by atoms with E-state index in [-0.39, 0.29) is 0 Å². The van der Waals surface area contributed by atoms with Gasteiger partial charge in [-0.1, -0.05) is 60.7 Å². The molecule has 4 aromatic rings. The van der Waals surface area contributed by atoms with Crippen molar-refractivity contribution in [2.24, 2.45) is 10.2 Å². The first-order valence-corrected chi connectivity index (χ1v) is 11.6. The molecule has 0 aliphatic rings. The molecule has 4 aromatic carbocycles. The van der Waals surface area contributed by atoms with Crippen molar-refractivity contribution >= 4 is 45.8 Å². The van der Waals surface area contributed by atoms with Crippen molar-refractivity contribution in [2.75, 3.05) is 13.2 Å². The SMILES string of the molecule is CCOc1ccc2ccccc2c1/C=N/NC(=O)C(=O)N/N=C/c1c(OCC)ccc2ccccc12. The van der Waals surface area contributed by atoms with Crippen molar-refractivity contribution in [3.8, 4) is 11.5 Å². The Morgan fingerprint density at radius 1 is 0.667 bits per heavy atom. The molecule has 0 aromatic heterocycles. The van der Waals surface area contributed by atoms with Crippen LogP contribution < -0.4 is 20.3 Å². The van der Waals surface area contributed by atoms with Crippen LogP contribution in [0.1, 0.15) is 25.0 Å². The molecule has 0 aliphatic carbocycles. The summed E-state index contributed by atoms with van der Waals surface area (Å²) in [6.07, 6.45) is 2.93. The van der Waals surface area contributed by atoms with Crippen molar-refractivity contribution in [3.05, 3.63) is 83.9 Å². The monoisotopic (exact) mass is 482 g/mol. The summed E-state index contributed by atoms with van der Waals surface area (Å²) < 4.78 is 11.4. The molecule has 182 valence electrons. The third-order valence-corrected chi connectivity index (χ3v) is 5.39. The Morgan fingerprint density at radius 2 is 1.08 bits per heavy atom. The van der Waals surface area contributed by atoms with E-state index in [2.05, 4.69) is 21.1 Å². The van der Waals surface area contributed by atoms with Crippen LogP contribution in [0, 0.1) is 0 Å². The van der Waals surface area contributed by atoms with Crippen LogP contribution in [0.2, 0.25) is 0 Å². The smallest absolute Gasteiger partial charge is 0.331 e. The summed E-state index contributed by atoms with van der Waals surface area (Å²) in [7, 11) is 0. The third kappa shape index (κ3) is 5.50. The molecule has 0 heterocycles. The fourth-order valence-electron chi connectivity index (χ4n) is 3.79. The van der Waals surface area contributed by atoms with E-state index in [1.807, 2.05) is 86.6 Å². The lowest BCUT2D eigenvalue weighted by molar-refractivity contribution is -0.139. The third-order valence-electron chi connectivity index (χ3n) is 5.39. The molecule has 0 fully saturated rings. The largest absolute Gasteiger partial charge is 0.493 e. The molecular weight excluding hydrogens is 456 g/mol. The van der Waals surface area contributed by atoms with E-state index >= 15 is 0 Å². The van der Waals surface area contributed by atoms with Gasteiger partial charge in [-0.2, -0.15) is 10.2 Å². The molecule has 0 saturated heterocycles. The Hall–Kier alpha value is -4.72. The summed E-state index contributed by atoms with van der Waals surface area (Å²) in [6, 6.07) is 23.1. The van der Waals surface area contributed by atoms with Gasteiger partial charge < -0.3 is 9.47 Å². The van der Waals surface area contributed by atoms with Gasteiger partial charge in [0.2, 0.25) is 0 Å². The number of nitrogens with one attached hydrogen (secondary N) is 2. The molecule has 36 heavy (non-hydrogen) atoms. The zero-order chi connectivity index (χ0) is 25.3. The number of hydrazone groups is 2. The van der Waals surface area contributed by atoms with Crippen LogP contribution in [0.15, 0.2) is 83.0 Å². The minimum atomic E-state index is -0.954. The zero-order valence-corrected chi connectivity index (χ0v) is 20.0. The average Bonchev–Trinajstić information content (AvgIpc) is 2.90. The highest BCUT2D eigenvalue weighted by Crippen LogP contribution is 2.27. The van der Waals surface area contributed by atoms with Gasteiger partial charge in [0.15, 0.2) is 0 Å². The Morgan fingerprint density at radius 3 is 1.50 bits per heavy atom. The fraction of sp³-hybridized carbons (Fsp3) is 0.143. The van der Waals surface area contributed by atoms with Gasteiger partial charge in [-0.25, -0.2) is 10.9 Å². The highest BCUT2D eigenvalue weighted by molar-refractivity contribution is 6.35. The summed E-state index contributed by atoms with van der Waals surface area (Å²) in [5.41, 5.74) is 5.88. The van der Waals surface area contributed by atoms with Gasteiger partial charge in [-0.05, 0) is 47.5 Å². The summed E-state index contributed by atoms with van der Waals surface area (Å²) >= 11 is 0. The molecule has 0 saturated carbocycles. The number of ether oxygens (including phenoxy) is 2. The number of benzene rings is 4. The van der Waals surface area contributed by atoms with Gasteiger partial charge in [-0.15, -0.1) is 0 Å². The van der Waals surface area contributed by atoms with E-state index in [1.54, 1.807) is 0 Å². The van der Waals surface area contributed by atoms with E-state index in [0.29, 0.717) is 35.8 Å². The predicted octanol–water partition coefficient (Wildman–Crippen LogP) is 4.39. The van der Waals surface area contributed by atoms with Crippen molar-refractivity contribution in [3.63, 3.8) is 0 Å². The molecule has 0 radical (unpaired) electrons. The fourth-order valence-corrected chi connectivity index (χ4v) is 3.79. The second kappa shape index (κ2) is 11.6. The average molecular weight is 483 g/mol. The number of hydrogen-bond acceptors (Lipinski definition) is 6. The highest BCUT2D eigenvalue weighted by Gasteiger charge is 2.13.